The van der Waals surface area contributed by atoms with Crippen molar-refractivity contribution < 1.29 is 10.0 Å². The van der Waals surface area contributed by atoms with E-state index >= 15 is 0 Å². The molecule has 0 unspecified atom stereocenters. The zero-order valence-corrected chi connectivity index (χ0v) is 12.7. The Labute approximate surface area is 126 Å². The van der Waals surface area contributed by atoms with Gasteiger partial charge < -0.3 is 10.1 Å². The first-order chi connectivity index (χ1) is 9.22. The lowest BCUT2D eigenvalue weighted by molar-refractivity contribution is -0.112. The zero-order chi connectivity index (χ0) is 13.9. The van der Waals surface area contributed by atoms with Crippen LogP contribution in [0.4, 0.5) is 0 Å². The highest BCUT2D eigenvalue weighted by Crippen LogP contribution is 2.05. The van der Waals surface area contributed by atoms with Gasteiger partial charge in [0.1, 0.15) is 6.21 Å². The van der Waals surface area contributed by atoms with E-state index in [1.54, 1.807) is 0 Å². The van der Waals surface area contributed by atoms with Crippen molar-refractivity contribution in [1.29, 1.82) is 0 Å². The molecule has 0 fully saturated rings. The van der Waals surface area contributed by atoms with Gasteiger partial charge in [0.25, 0.3) is 0 Å². The summed E-state index contributed by atoms with van der Waals surface area (Å²) in [5, 5.41) is 10.9. The summed E-state index contributed by atoms with van der Waals surface area (Å²) in [6.07, 6.45) is 4.38. The maximum Gasteiger partial charge on any atom is 0.177 e. The van der Waals surface area contributed by atoms with Crippen LogP contribution in [-0.2, 0) is 11.3 Å². The molecule has 0 aliphatic heterocycles. The summed E-state index contributed by atoms with van der Waals surface area (Å²) in [4.78, 5) is 13.3. The molecule has 0 bridgehead atoms. The molecule has 0 saturated heterocycles. The Morgan fingerprint density at radius 1 is 1.25 bits per heavy atom. The zero-order valence-electron chi connectivity index (χ0n) is 11.9. The van der Waals surface area contributed by atoms with E-state index in [-0.39, 0.29) is 18.2 Å². The van der Waals surface area contributed by atoms with Gasteiger partial charge in [-0.15, -0.1) is 12.4 Å². The Balaban J connectivity index is 0.00000361. The van der Waals surface area contributed by atoms with Crippen LogP contribution >= 0.6 is 12.4 Å². The Kier molecular flexibility index (Phi) is 10.6. The molecule has 0 amide bonds. The van der Waals surface area contributed by atoms with Gasteiger partial charge in [0.15, 0.2) is 5.78 Å². The molecular formula is C15H23ClN2O2. The highest BCUT2D eigenvalue weighted by atomic mass is 35.5. The Hall–Kier alpha value is -1.39. The standard InChI is InChI=1S/C15H22N2O2.ClH/c1-17(13-14-8-4-2-5-9-14)11-7-3-6-10-15(18)12-16-19;/h2,4-5,8-9,12,19H,3,6-7,10-11,13H2,1H3;1H/b16-12+;. The molecule has 0 radical (unpaired) electrons. The molecule has 1 aromatic rings. The molecule has 1 N–H and O–H groups in total. The van der Waals surface area contributed by atoms with Gasteiger partial charge in [-0.05, 0) is 32.0 Å². The van der Waals surface area contributed by atoms with Crippen LogP contribution in [0.5, 0.6) is 0 Å². The van der Waals surface area contributed by atoms with E-state index in [1.807, 2.05) is 6.07 Å². The predicted octanol–water partition coefficient (Wildman–Crippen LogP) is 3.13. The summed E-state index contributed by atoms with van der Waals surface area (Å²) >= 11 is 0. The monoisotopic (exact) mass is 298 g/mol. The molecule has 0 heterocycles. The van der Waals surface area contributed by atoms with Crippen LogP contribution in [0.2, 0.25) is 0 Å². The third kappa shape index (κ3) is 8.67. The number of benzene rings is 1. The van der Waals surface area contributed by atoms with Gasteiger partial charge in [0.2, 0.25) is 0 Å². The number of halogens is 1. The van der Waals surface area contributed by atoms with Crippen LogP contribution in [0.1, 0.15) is 31.2 Å². The van der Waals surface area contributed by atoms with Crippen molar-refractivity contribution in [3.05, 3.63) is 35.9 Å². The van der Waals surface area contributed by atoms with Crippen LogP contribution in [0.25, 0.3) is 0 Å². The van der Waals surface area contributed by atoms with Crippen molar-refractivity contribution in [1.82, 2.24) is 4.90 Å². The average molecular weight is 299 g/mol. The van der Waals surface area contributed by atoms with Crippen molar-refractivity contribution in [2.45, 2.75) is 32.2 Å². The summed E-state index contributed by atoms with van der Waals surface area (Å²) in [7, 11) is 2.11. The molecule has 0 saturated carbocycles. The van der Waals surface area contributed by atoms with Crippen molar-refractivity contribution >= 4 is 24.4 Å². The van der Waals surface area contributed by atoms with Gasteiger partial charge in [0.05, 0.1) is 0 Å². The fourth-order valence-corrected chi connectivity index (χ4v) is 1.96. The quantitative estimate of drug-likeness (QED) is 0.330. The highest BCUT2D eigenvalue weighted by molar-refractivity contribution is 6.27. The number of Topliss-reactive ketones (excluding diaryl/α,β-unsaturated/α-hetero) is 1. The van der Waals surface area contributed by atoms with Crippen molar-refractivity contribution in [3.63, 3.8) is 0 Å². The van der Waals surface area contributed by atoms with Crippen LogP contribution in [-0.4, -0.2) is 35.7 Å². The van der Waals surface area contributed by atoms with Gasteiger partial charge in [-0.1, -0.05) is 41.9 Å². The summed E-state index contributed by atoms with van der Waals surface area (Å²) in [6, 6.07) is 10.4. The highest BCUT2D eigenvalue weighted by Gasteiger charge is 2.01. The van der Waals surface area contributed by atoms with Crippen LogP contribution in [0.3, 0.4) is 0 Å². The first-order valence-electron chi connectivity index (χ1n) is 6.65. The second-order valence-corrected chi connectivity index (χ2v) is 4.74. The summed E-state index contributed by atoms with van der Waals surface area (Å²) < 4.78 is 0. The predicted molar refractivity (Wildman–Crippen MR) is 83.8 cm³/mol. The van der Waals surface area contributed by atoms with E-state index in [0.717, 1.165) is 38.6 Å². The second kappa shape index (κ2) is 11.4. The number of carbonyl (C=O) groups is 1. The lowest BCUT2D eigenvalue weighted by atomic mass is 10.1. The van der Waals surface area contributed by atoms with Gasteiger partial charge >= 0.3 is 0 Å². The van der Waals surface area contributed by atoms with E-state index < -0.39 is 0 Å². The first-order valence-corrected chi connectivity index (χ1v) is 6.65. The number of nitrogens with zero attached hydrogens (tertiary/aromatic N) is 2. The van der Waals surface area contributed by atoms with Gasteiger partial charge in [0, 0.05) is 13.0 Å². The minimum atomic E-state index is -0.111. The SMILES string of the molecule is CN(CCCCCC(=O)/C=N/O)Cc1ccccc1.Cl. The third-order valence-corrected chi connectivity index (χ3v) is 2.96. The second-order valence-electron chi connectivity index (χ2n) is 4.74. The lowest BCUT2D eigenvalue weighted by Gasteiger charge is -2.16. The topological polar surface area (TPSA) is 52.9 Å². The molecular weight excluding hydrogens is 276 g/mol. The minimum Gasteiger partial charge on any atom is -0.411 e. The summed E-state index contributed by atoms with van der Waals surface area (Å²) in [5.41, 5.74) is 1.32. The van der Waals surface area contributed by atoms with Crippen molar-refractivity contribution in [2.75, 3.05) is 13.6 Å². The molecule has 0 atom stereocenters. The van der Waals surface area contributed by atoms with E-state index in [0.29, 0.717) is 6.42 Å². The Morgan fingerprint density at radius 3 is 2.60 bits per heavy atom. The smallest absolute Gasteiger partial charge is 0.177 e. The maximum absolute atomic E-state index is 11.1. The lowest BCUT2D eigenvalue weighted by Crippen LogP contribution is -2.19. The average Bonchev–Trinajstić information content (AvgIpc) is 2.40. The number of ketones is 1. The van der Waals surface area contributed by atoms with Crippen LogP contribution < -0.4 is 0 Å². The summed E-state index contributed by atoms with van der Waals surface area (Å²) in [6.45, 7) is 1.98. The summed E-state index contributed by atoms with van der Waals surface area (Å²) in [5.74, 6) is -0.111. The fraction of sp³-hybridized carbons (Fsp3) is 0.467. The molecule has 0 aliphatic carbocycles. The van der Waals surface area contributed by atoms with Gasteiger partial charge in [-0.25, -0.2) is 0 Å². The maximum atomic E-state index is 11.1. The minimum absolute atomic E-state index is 0. The molecule has 5 heteroatoms. The molecule has 20 heavy (non-hydrogen) atoms. The number of oxime groups is 1. The number of hydrogen-bond acceptors (Lipinski definition) is 4. The number of unbranched alkanes of at least 4 members (excludes halogenated alkanes) is 2. The molecule has 0 aromatic heterocycles. The number of carbonyl (C=O) groups excluding carboxylic acids is 1. The first kappa shape index (κ1) is 18.6. The molecule has 112 valence electrons. The molecule has 0 aliphatic rings. The van der Waals surface area contributed by atoms with Crippen LogP contribution in [0, 0.1) is 0 Å². The molecule has 0 spiro atoms. The third-order valence-electron chi connectivity index (χ3n) is 2.96. The largest absolute Gasteiger partial charge is 0.411 e. The molecule has 1 rings (SSSR count). The Bertz CT molecular complexity index is 396. The van der Waals surface area contributed by atoms with Crippen molar-refractivity contribution in [3.8, 4) is 0 Å². The Morgan fingerprint density at radius 2 is 1.95 bits per heavy atom. The van der Waals surface area contributed by atoms with E-state index in [2.05, 4.69) is 41.4 Å². The molecule has 4 nitrogen and oxygen atoms in total. The fourth-order valence-electron chi connectivity index (χ4n) is 1.96. The van der Waals surface area contributed by atoms with Gasteiger partial charge in [-0.2, -0.15) is 0 Å². The number of hydrogen-bond donors (Lipinski definition) is 1. The number of rotatable bonds is 9. The van der Waals surface area contributed by atoms with Crippen molar-refractivity contribution in [2.24, 2.45) is 5.16 Å². The van der Waals surface area contributed by atoms with Crippen LogP contribution in [0.15, 0.2) is 35.5 Å². The van der Waals surface area contributed by atoms with Gasteiger partial charge in [-0.3, -0.25) is 4.79 Å². The van der Waals surface area contributed by atoms with E-state index in [9.17, 15) is 4.79 Å². The normalized spacial score (nSPS) is 10.7. The van der Waals surface area contributed by atoms with E-state index in [1.165, 1.54) is 5.56 Å². The molecule has 1 aromatic carbocycles. The van der Waals surface area contributed by atoms with E-state index in [4.69, 9.17) is 5.21 Å².